The van der Waals surface area contributed by atoms with Gasteiger partial charge in [-0.1, -0.05) is 13.0 Å². The second-order valence-electron chi connectivity index (χ2n) is 4.98. The minimum atomic E-state index is -3.60. The van der Waals surface area contributed by atoms with Crippen LogP contribution in [0, 0.1) is 0 Å². The van der Waals surface area contributed by atoms with Crippen LogP contribution in [0.25, 0.3) is 0 Å². The molecule has 1 saturated heterocycles. The van der Waals surface area contributed by atoms with Crippen LogP contribution in [-0.2, 0) is 16.6 Å². The highest BCUT2D eigenvalue weighted by Crippen LogP contribution is 2.28. The smallest absolute Gasteiger partial charge is 0.246 e. The largest absolute Gasteiger partial charge is 0.495 e. The number of aliphatic hydroxyl groups excluding tert-OH is 1. The van der Waals surface area contributed by atoms with Crippen molar-refractivity contribution in [3.63, 3.8) is 0 Å². The Kier molecular flexibility index (Phi) is 5.21. The van der Waals surface area contributed by atoms with Gasteiger partial charge < -0.3 is 14.7 Å². The number of hydrogen-bond acceptors (Lipinski definition) is 5. The zero-order valence-electron chi connectivity index (χ0n) is 12.4. The van der Waals surface area contributed by atoms with E-state index in [4.69, 9.17) is 4.74 Å². The maximum absolute atomic E-state index is 12.8. The SMILES string of the molecule is CCN1CCN(S(=O)(=O)c2cc(CO)ccc2OC)CC1. The van der Waals surface area contributed by atoms with Crippen LogP contribution in [0.4, 0.5) is 0 Å². The van der Waals surface area contributed by atoms with E-state index in [9.17, 15) is 13.5 Å². The van der Waals surface area contributed by atoms with Crippen LogP contribution < -0.4 is 4.74 Å². The molecule has 1 aromatic carbocycles. The zero-order valence-corrected chi connectivity index (χ0v) is 13.3. The first-order valence-electron chi connectivity index (χ1n) is 7.03. The summed E-state index contributed by atoms with van der Waals surface area (Å²) in [7, 11) is -2.15. The molecular formula is C14H22N2O4S. The van der Waals surface area contributed by atoms with Crippen molar-refractivity contribution in [2.75, 3.05) is 39.8 Å². The second kappa shape index (κ2) is 6.74. The Morgan fingerprint density at radius 2 is 1.90 bits per heavy atom. The van der Waals surface area contributed by atoms with Crippen molar-refractivity contribution in [2.45, 2.75) is 18.4 Å². The van der Waals surface area contributed by atoms with E-state index in [-0.39, 0.29) is 11.5 Å². The molecule has 0 aromatic heterocycles. The van der Waals surface area contributed by atoms with Gasteiger partial charge in [0, 0.05) is 26.2 Å². The number of nitrogens with zero attached hydrogens (tertiary/aromatic N) is 2. The molecule has 2 rings (SSSR count). The van der Waals surface area contributed by atoms with Crippen LogP contribution in [0.15, 0.2) is 23.1 Å². The summed E-state index contributed by atoms with van der Waals surface area (Å²) in [5.74, 6) is 0.310. The fraction of sp³-hybridized carbons (Fsp3) is 0.571. The number of hydrogen-bond donors (Lipinski definition) is 1. The Bertz CT molecular complexity index is 581. The number of rotatable bonds is 5. The summed E-state index contributed by atoms with van der Waals surface area (Å²) in [6, 6.07) is 4.73. The Balaban J connectivity index is 2.31. The summed E-state index contributed by atoms with van der Waals surface area (Å²) in [6.45, 7) is 5.21. The topological polar surface area (TPSA) is 70.1 Å². The minimum Gasteiger partial charge on any atom is -0.495 e. The van der Waals surface area contributed by atoms with E-state index in [2.05, 4.69) is 11.8 Å². The number of benzene rings is 1. The van der Waals surface area contributed by atoms with Crippen molar-refractivity contribution < 1.29 is 18.3 Å². The monoisotopic (exact) mass is 314 g/mol. The average molecular weight is 314 g/mol. The molecule has 21 heavy (non-hydrogen) atoms. The molecule has 1 heterocycles. The van der Waals surface area contributed by atoms with Gasteiger partial charge in [0.2, 0.25) is 10.0 Å². The summed E-state index contributed by atoms with van der Waals surface area (Å²) in [4.78, 5) is 2.34. The molecule has 1 aliphatic heterocycles. The predicted octanol–water partition coefficient (Wildman–Crippen LogP) is 0.514. The fourth-order valence-corrected chi connectivity index (χ4v) is 4.07. The van der Waals surface area contributed by atoms with Gasteiger partial charge in [-0.25, -0.2) is 8.42 Å². The van der Waals surface area contributed by atoms with Gasteiger partial charge in [0.05, 0.1) is 13.7 Å². The Morgan fingerprint density at radius 3 is 2.43 bits per heavy atom. The van der Waals surface area contributed by atoms with Crippen molar-refractivity contribution in [3.05, 3.63) is 23.8 Å². The maximum atomic E-state index is 12.8. The second-order valence-corrected chi connectivity index (χ2v) is 6.89. The van der Waals surface area contributed by atoms with E-state index < -0.39 is 10.0 Å². The van der Waals surface area contributed by atoms with E-state index in [1.54, 1.807) is 12.1 Å². The number of ether oxygens (including phenoxy) is 1. The van der Waals surface area contributed by atoms with E-state index in [1.807, 2.05) is 0 Å². The first-order valence-corrected chi connectivity index (χ1v) is 8.47. The van der Waals surface area contributed by atoms with Crippen LogP contribution in [0.5, 0.6) is 5.75 Å². The van der Waals surface area contributed by atoms with Crippen LogP contribution >= 0.6 is 0 Å². The van der Waals surface area contributed by atoms with E-state index >= 15 is 0 Å². The van der Waals surface area contributed by atoms with Gasteiger partial charge in [0.1, 0.15) is 10.6 Å². The normalized spacial score (nSPS) is 17.9. The van der Waals surface area contributed by atoms with Gasteiger partial charge >= 0.3 is 0 Å². The molecule has 0 unspecified atom stereocenters. The van der Waals surface area contributed by atoms with Gasteiger partial charge in [-0.3, -0.25) is 0 Å². The number of aliphatic hydroxyl groups is 1. The van der Waals surface area contributed by atoms with Crippen LogP contribution in [-0.4, -0.2) is 62.6 Å². The average Bonchev–Trinajstić information content (AvgIpc) is 2.54. The summed E-state index contributed by atoms with van der Waals surface area (Å²) in [6.07, 6.45) is 0. The summed E-state index contributed by atoms with van der Waals surface area (Å²) < 4.78 is 32.2. The molecule has 7 heteroatoms. The summed E-state index contributed by atoms with van der Waals surface area (Å²) in [5, 5.41) is 9.21. The Morgan fingerprint density at radius 1 is 1.24 bits per heavy atom. The van der Waals surface area contributed by atoms with Crippen molar-refractivity contribution in [2.24, 2.45) is 0 Å². The third kappa shape index (κ3) is 3.37. The molecule has 0 radical (unpaired) electrons. The number of methoxy groups -OCH3 is 1. The predicted molar refractivity (Wildman–Crippen MR) is 79.8 cm³/mol. The van der Waals surface area contributed by atoms with Gasteiger partial charge in [-0.2, -0.15) is 4.31 Å². The quantitative estimate of drug-likeness (QED) is 0.858. The molecule has 118 valence electrons. The molecule has 0 aliphatic carbocycles. The Hall–Kier alpha value is -1.15. The number of piperazine rings is 1. The lowest BCUT2D eigenvalue weighted by atomic mass is 10.2. The van der Waals surface area contributed by atoms with Gasteiger partial charge in [0.25, 0.3) is 0 Å². The van der Waals surface area contributed by atoms with Crippen molar-refractivity contribution in [1.82, 2.24) is 9.21 Å². The first-order chi connectivity index (χ1) is 10.0. The van der Waals surface area contributed by atoms with Gasteiger partial charge in [0.15, 0.2) is 0 Å². The summed E-state index contributed by atoms with van der Waals surface area (Å²) >= 11 is 0. The molecule has 0 bridgehead atoms. The molecule has 0 atom stereocenters. The highest BCUT2D eigenvalue weighted by molar-refractivity contribution is 7.89. The maximum Gasteiger partial charge on any atom is 0.246 e. The molecule has 6 nitrogen and oxygen atoms in total. The molecule has 1 aliphatic rings. The van der Waals surface area contributed by atoms with E-state index in [0.717, 1.165) is 19.6 Å². The lowest BCUT2D eigenvalue weighted by Crippen LogP contribution is -2.48. The van der Waals surface area contributed by atoms with E-state index in [1.165, 1.54) is 17.5 Å². The van der Waals surface area contributed by atoms with E-state index in [0.29, 0.717) is 24.4 Å². The van der Waals surface area contributed by atoms with Crippen molar-refractivity contribution in [1.29, 1.82) is 0 Å². The minimum absolute atomic E-state index is 0.126. The van der Waals surface area contributed by atoms with Gasteiger partial charge in [-0.05, 0) is 24.2 Å². The van der Waals surface area contributed by atoms with Crippen LogP contribution in [0.1, 0.15) is 12.5 Å². The molecule has 1 aromatic rings. The lowest BCUT2D eigenvalue weighted by molar-refractivity contribution is 0.196. The van der Waals surface area contributed by atoms with Crippen molar-refractivity contribution in [3.8, 4) is 5.75 Å². The Labute approximate surface area is 126 Å². The third-order valence-corrected chi connectivity index (χ3v) is 5.73. The highest BCUT2D eigenvalue weighted by atomic mass is 32.2. The lowest BCUT2D eigenvalue weighted by Gasteiger charge is -2.33. The number of likely N-dealkylation sites (N-methyl/N-ethyl adjacent to an activating group) is 1. The molecule has 1 fully saturated rings. The first kappa shape index (κ1) is 16.2. The molecule has 0 spiro atoms. The van der Waals surface area contributed by atoms with Crippen LogP contribution in [0.2, 0.25) is 0 Å². The zero-order chi connectivity index (χ0) is 15.5. The van der Waals surface area contributed by atoms with Crippen LogP contribution in [0.3, 0.4) is 0 Å². The molecule has 1 N–H and O–H groups in total. The molecule has 0 amide bonds. The highest BCUT2D eigenvalue weighted by Gasteiger charge is 2.30. The number of sulfonamides is 1. The molecule has 0 saturated carbocycles. The fourth-order valence-electron chi connectivity index (χ4n) is 2.45. The molecular weight excluding hydrogens is 292 g/mol. The van der Waals surface area contributed by atoms with Gasteiger partial charge in [-0.15, -0.1) is 0 Å². The summed E-state index contributed by atoms with van der Waals surface area (Å²) in [5.41, 5.74) is 0.557. The standard InChI is InChI=1S/C14H22N2O4S/c1-3-15-6-8-16(9-7-15)21(18,19)14-10-12(11-17)4-5-13(14)20-2/h4-5,10,17H,3,6-9,11H2,1-2H3. The third-order valence-electron chi connectivity index (χ3n) is 3.81. The van der Waals surface area contributed by atoms with Crippen molar-refractivity contribution >= 4 is 10.0 Å².